The van der Waals surface area contributed by atoms with Crippen molar-refractivity contribution < 1.29 is 19.4 Å². The van der Waals surface area contributed by atoms with Crippen LogP contribution in [0.4, 0.5) is 0 Å². The lowest BCUT2D eigenvalue weighted by atomic mass is 9.83. The fraction of sp³-hybridized carbons (Fsp3) is 0.600. The minimum atomic E-state index is -0.288. The molecule has 0 saturated heterocycles. The van der Waals surface area contributed by atoms with Gasteiger partial charge in [-0.25, -0.2) is 4.79 Å². The van der Waals surface area contributed by atoms with Gasteiger partial charge in [0.15, 0.2) is 5.78 Å². The minimum Gasteiger partial charge on any atom is -0.455 e. The molecule has 0 radical (unpaired) electrons. The molecule has 0 amide bonds. The molecule has 0 bridgehead atoms. The van der Waals surface area contributed by atoms with Crippen LogP contribution in [-0.4, -0.2) is 29.6 Å². The molecule has 1 heterocycles. The molecule has 19 heavy (non-hydrogen) atoms. The van der Waals surface area contributed by atoms with Gasteiger partial charge in [0.25, 0.3) is 0 Å². The van der Waals surface area contributed by atoms with Crippen LogP contribution in [0.3, 0.4) is 0 Å². The molecule has 4 heteroatoms. The topological polar surface area (TPSA) is 63.6 Å². The highest BCUT2D eigenvalue weighted by Crippen LogP contribution is 2.32. The number of rotatable bonds is 4. The maximum atomic E-state index is 11.9. The molecule has 2 rings (SSSR count). The highest BCUT2D eigenvalue weighted by atomic mass is 16.5. The average Bonchev–Trinajstić information content (AvgIpc) is 2.69. The SMILES string of the molecule is CC(C)C[C@@H]1C=C([C@@H]2CC=C(CO)C(=O)C2)C(=O)O1. The Morgan fingerprint density at radius 3 is 2.74 bits per heavy atom. The van der Waals surface area contributed by atoms with E-state index in [0.29, 0.717) is 29.9 Å². The van der Waals surface area contributed by atoms with Crippen molar-refractivity contribution in [1.29, 1.82) is 0 Å². The zero-order valence-electron chi connectivity index (χ0n) is 11.4. The number of Topliss-reactive ketones (excluding diaryl/α,β-unsaturated/α-hetero) is 1. The summed E-state index contributed by atoms with van der Waals surface area (Å²) >= 11 is 0. The van der Waals surface area contributed by atoms with Crippen LogP contribution in [0.5, 0.6) is 0 Å². The highest BCUT2D eigenvalue weighted by Gasteiger charge is 2.34. The summed E-state index contributed by atoms with van der Waals surface area (Å²) in [5.41, 5.74) is 1.09. The number of hydrogen-bond acceptors (Lipinski definition) is 4. The van der Waals surface area contributed by atoms with Gasteiger partial charge < -0.3 is 9.84 Å². The van der Waals surface area contributed by atoms with Crippen LogP contribution in [0, 0.1) is 11.8 Å². The van der Waals surface area contributed by atoms with E-state index in [1.54, 1.807) is 6.08 Å². The van der Waals surface area contributed by atoms with Crippen molar-refractivity contribution in [1.82, 2.24) is 0 Å². The number of esters is 1. The first kappa shape index (κ1) is 14.0. The summed E-state index contributed by atoms with van der Waals surface area (Å²) in [6.07, 6.45) is 5.19. The van der Waals surface area contributed by atoms with Crippen molar-refractivity contribution in [3.8, 4) is 0 Å². The van der Waals surface area contributed by atoms with Gasteiger partial charge in [0.2, 0.25) is 0 Å². The summed E-state index contributed by atoms with van der Waals surface area (Å²) in [5, 5.41) is 9.01. The largest absolute Gasteiger partial charge is 0.455 e. The summed E-state index contributed by atoms with van der Waals surface area (Å²) in [5.74, 6) is 0.0128. The van der Waals surface area contributed by atoms with Crippen LogP contribution in [0.25, 0.3) is 0 Å². The quantitative estimate of drug-likeness (QED) is 0.786. The van der Waals surface area contributed by atoms with Crippen LogP contribution < -0.4 is 0 Å². The molecule has 0 unspecified atom stereocenters. The lowest BCUT2D eigenvalue weighted by molar-refractivity contribution is -0.140. The first-order valence-corrected chi connectivity index (χ1v) is 6.77. The zero-order valence-corrected chi connectivity index (χ0v) is 11.4. The normalized spacial score (nSPS) is 27.4. The summed E-state index contributed by atoms with van der Waals surface area (Å²) in [7, 11) is 0. The second kappa shape index (κ2) is 5.70. The summed E-state index contributed by atoms with van der Waals surface area (Å²) in [6, 6.07) is 0. The number of hydrogen-bond donors (Lipinski definition) is 1. The minimum absolute atomic E-state index is 0.0697. The Kier molecular flexibility index (Phi) is 4.20. The lowest BCUT2D eigenvalue weighted by Crippen LogP contribution is -2.21. The maximum Gasteiger partial charge on any atom is 0.334 e. The number of carbonyl (C=O) groups excluding carboxylic acids is 2. The molecule has 4 nitrogen and oxygen atoms in total. The second-order valence-corrected chi connectivity index (χ2v) is 5.64. The van der Waals surface area contributed by atoms with Gasteiger partial charge in [0, 0.05) is 23.5 Å². The number of aliphatic hydroxyl groups excluding tert-OH is 1. The van der Waals surface area contributed by atoms with Crippen LogP contribution in [-0.2, 0) is 14.3 Å². The average molecular weight is 264 g/mol. The summed E-state index contributed by atoms with van der Waals surface area (Å²) < 4.78 is 5.31. The molecule has 0 aromatic carbocycles. The van der Waals surface area contributed by atoms with Gasteiger partial charge in [-0.2, -0.15) is 0 Å². The smallest absolute Gasteiger partial charge is 0.334 e. The van der Waals surface area contributed by atoms with E-state index in [-0.39, 0.29) is 30.4 Å². The van der Waals surface area contributed by atoms with Gasteiger partial charge in [-0.15, -0.1) is 0 Å². The Labute approximate surface area is 113 Å². The van der Waals surface area contributed by atoms with Crippen LogP contribution >= 0.6 is 0 Å². The third kappa shape index (κ3) is 3.13. The number of ketones is 1. The molecule has 1 aliphatic heterocycles. The molecule has 0 aromatic heterocycles. The predicted octanol–water partition coefficient (Wildman–Crippen LogP) is 1.78. The zero-order chi connectivity index (χ0) is 14.0. The molecule has 0 spiro atoms. The van der Waals surface area contributed by atoms with Gasteiger partial charge in [0.05, 0.1) is 6.61 Å². The fourth-order valence-electron chi connectivity index (χ4n) is 2.62. The third-order valence-corrected chi connectivity index (χ3v) is 3.61. The first-order valence-electron chi connectivity index (χ1n) is 6.77. The van der Waals surface area contributed by atoms with E-state index >= 15 is 0 Å². The number of aliphatic hydroxyl groups is 1. The van der Waals surface area contributed by atoms with E-state index in [2.05, 4.69) is 13.8 Å². The Balaban J connectivity index is 2.08. The monoisotopic (exact) mass is 264 g/mol. The maximum absolute atomic E-state index is 11.9. The summed E-state index contributed by atoms with van der Waals surface area (Å²) in [6.45, 7) is 3.95. The highest BCUT2D eigenvalue weighted by molar-refractivity contribution is 5.99. The van der Waals surface area contributed by atoms with Crippen molar-refractivity contribution in [2.75, 3.05) is 6.61 Å². The van der Waals surface area contributed by atoms with Crippen molar-refractivity contribution in [3.63, 3.8) is 0 Å². The first-order chi connectivity index (χ1) is 9.01. The molecule has 104 valence electrons. The molecule has 0 aromatic rings. The standard InChI is InChI=1S/C15H20O4/c1-9(2)5-12-7-13(15(18)19-12)10-3-4-11(8-16)14(17)6-10/h4,7,9-10,12,16H,3,5-6,8H2,1-2H3/t10-,12-/m1/s1. The molecule has 2 aliphatic rings. The number of cyclic esters (lactones) is 1. The van der Waals surface area contributed by atoms with E-state index in [1.165, 1.54) is 0 Å². The van der Waals surface area contributed by atoms with E-state index < -0.39 is 0 Å². The molecule has 0 saturated carbocycles. The van der Waals surface area contributed by atoms with Crippen molar-refractivity contribution >= 4 is 11.8 Å². The van der Waals surface area contributed by atoms with E-state index in [1.807, 2.05) is 6.08 Å². The Morgan fingerprint density at radius 1 is 1.42 bits per heavy atom. The van der Waals surface area contributed by atoms with E-state index in [0.717, 1.165) is 6.42 Å². The van der Waals surface area contributed by atoms with E-state index in [4.69, 9.17) is 9.84 Å². The summed E-state index contributed by atoms with van der Waals surface area (Å²) in [4.78, 5) is 23.6. The molecule has 1 aliphatic carbocycles. The Bertz CT molecular complexity index is 445. The second-order valence-electron chi connectivity index (χ2n) is 5.64. The number of ether oxygens (including phenoxy) is 1. The fourth-order valence-corrected chi connectivity index (χ4v) is 2.62. The molecule has 2 atom stereocenters. The Morgan fingerprint density at radius 2 is 2.16 bits per heavy atom. The van der Waals surface area contributed by atoms with Gasteiger partial charge in [-0.1, -0.05) is 19.9 Å². The molecule has 1 N–H and O–H groups in total. The van der Waals surface area contributed by atoms with Gasteiger partial charge in [-0.3, -0.25) is 4.79 Å². The molecular weight excluding hydrogens is 244 g/mol. The lowest BCUT2D eigenvalue weighted by Gasteiger charge is -2.19. The van der Waals surface area contributed by atoms with Gasteiger partial charge in [0.1, 0.15) is 6.10 Å². The number of carbonyl (C=O) groups is 2. The van der Waals surface area contributed by atoms with Gasteiger partial charge in [-0.05, 0) is 24.8 Å². The van der Waals surface area contributed by atoms with Crippen LogP contribution in [0.2, 0.25) is 0 Å². The van der Waals surface area contributed by atoms with Crippen molar-refractivity contribution in [2.45, 2.75) is 39.2 Å². The molecular formula is C15H20O4. The van der Waals surface area contributed by atoms with Gasteiger partial charge >= 0.3 is 5.97 Å². The Hall–Kier alpha value is -1.42. The van der Waals surface area contributed by atoms with Crippen molar-refractivity contribution in [2.24, 2.45) is 11.8 Å². The molecule has 0 fully saturated rings. The van der Waals surface area contributed by atoms with Crippen molar-refractivity contribution in [3.05, 3.63) is 23.3 Å². The van der Waals surface area contributed by atoms with Crippen LogP contribution in [0.1, 0.15) is 33.1 Å². The van der Waals surface area contributed by atoms with Crippen LogP contribution in [0.15, 0.2) is 23.3 Å². The third-order valence-electron chi connectivity index (χ3n) is 3.61. The predicted molar refractivity (Wildman–Crippen MR) is 70.3 cm³/mol. The number of allylic oxidation sites excluding steroid dienone is 1. The van der Waals surface area contributed by atoms with E-state index in [9.17, 15) is 9.59 Å².